The van der Waals surface area contributed by atoms with Crippen molar-refractivity contribution in [1.82, 2.24) is 19.4 Å². The maximum absolute atomic E-state index is 12.8. The van der Waals surface area contributed by atoms with Gasteiger partial charge in [0.05, 0.1) is 19.1 Å². The van der Waals surface area contributed by atoms with Crippen LogP contribution in [-0.4, -0.2) is 64.7 Å². The molecule has 0 N–H and O–H groups in total. The van der Waals surface area contributed by atoms with Crippen molar-refractivity contribution < 1.29 is 18.3 Å². The molecule has 0 saturated carbocycles. The fourth-order valence-corrected chi connectivity index (χ4v) is 3.16. The highest BCUT2D eigenvalue weighted by Gasteiger charge is 2.29. The lowest BCUT2D eigenvalue weighted by molar-refractivity contribution is -0.141. The lowest BCUT2D eigenvalue weighted by Gasteiger charge is -2.36. The van der Waals surface area contributed by atoms with Crippen molar-refractivity contribution in [2.45, 2.75) is 25.9 Å². The molecule has 3 heterocycles. The van der Waals surface area contributed by atoms with Gasteiger partial charge in [0.15, 0.2) is 0 Å². The molecule has 128 valence electrons. The number of halogens is 2. The molecule has 2 aliphatic heterocycles. The number of aromatic nitrogens is 2. The first-order valence-electron chi connectivity index (χ1n) is 8.04. The van der Waals surface area contributed by atoms with E-state index in [2.05, 4.69) is 9.88 Å². The van der Waals surface area contributed by atoms with Gasteiger partial charge in [-0.15, -0.1) is 0 Å². The van der Waals surface area contributed by atoms with Gasteiger partial charge in [-0.3, -0.25) is 14.3 Å². The summed E-state index contributed by atoms with van der Waals surface area (Å²) in [6, 6.07) is 0. The largest absolute Gasteiger partial charge is 0.381 e. The SMILES string of the molecule is O=C([C@H]1CCCOC1)N1CCN(Cc2nccn2C(F)F)CC1. The predicted octanol–water partition coefficient (Wildman–Crippen LogP) is 1.35. The van der Waals surface area contributed by atoms with Crippen LogP contribution in [0.5, 0.6) is 0 Å². The molecule has 2 aliphatic rings. The molecule has 3 rings (SSSR count). The van der Waals surface area contributed by atoms with E-state index < -0.39 is 6.55 Å². The summed E-state index contributed by atoms with van der Waals surface area (Å²) in [4.78, 5) is 20.4. The monoisotopic (exact) mass is 328 g/mol. The average Bonchev–Trinajstić information content (AvgIpc) is 3.04. The van der Waals surface area contributed by atoms with Crippen molar-refractivity contribution in [1.29, 1.82) is 0 Å². The molecule has 23 heavy (non-hydrogen) atoms. The Morgan fingerprint density at radius 3 is 2.78 bits per heavy atom. The highest BCUT2D eigenvalue weighted by molar-refractivity contribution is 5.79. The van der Waals surface area contributed by atoms with Crippen LogP contribution in [0.1, 0.15) is 25.2 Å². The van der Waals surface area contributed by atoms with Crippen LogP contribution in [0.2, 0.25) is 0 Å². The van der Waals surface area contributed by atoms with E-state index in [-0.39, 0.29) is 11.8 Å². The minimum Gasteiger partial charge on any atom is -0.381 e. The fourth-order valence-electron chi connectivity index (χ4n) is 3.16. The predicted molar refractivity (Wildman–Crippen MR) is 78.9 cm³/mol. The number of hydrogen-bond donors (Lipinski definition) is 0. The van der Waals surface area contributed by atoms with E-state index in [1.165, 1.54) is 12.4 Å². The highest BCUT2D eigenvalue weighted by Crippen LogP contribution is 2.19. The number of piperazine rings is 1. The van der Waals surface area contributed by atoms with Crippen LogP contribution in [0.3, 0.4) is 0 Å². The molecule has 0 spiro atoms. The van der Waals surface area contributed by atoms with Crippen LogP contribution in [0.25, 0.3) is 0 Å². The number of hydrogen-bond acceptors (Lipinski definition) is 4. The molecule has 2 saturated heterocycles. The molecule has 0 radical (unpaired) electrons. The maximum Gasteiger partial charge on any atom is 0.319 e. The van der Waals surface area contributed by atoms with E-state index in [4.69, 9.17) is 4.74 Å². The molecule has 0 unspecified atom stereocenters. The summed E-state index contributed by atoms with van der Waals surface area (Å²) in [5.74, 6) is 0.506. The third-order valence-electron chi connectivity index (χ3n) is 4.52. The Kier molecular flexibility index (Phi) is 5.22. The number of amides is 1. The van der Waals surface area contributed by atoms with Gasteiger partial charge >= 0.3 is 6.55 Å². The summed E-state index contributed by atoms with van der Waals surface area (Å²) in [7, 11) is 0. The smallest absolute Gasteiger partial charge is 0.319 e. The van der Waals surface area contributed by atoms with Gasteiger partial charge in [0.1, 0.15) is 5.82 Å². The second kappa shape index (κ2) is 7.35. The average molecular weight is 328 g/mol. The van der Waals surface area contributed by atoms with Gasteiger partial charge in [0.25, 0.3) is 0 Å². The third kappa shape index (κ3) is 3.87. The Morgan fingerprint density at radius 2 is 2.13 bits per heavy atom. The Labute approximate surface area is 134 Å². The molecular weight excluding hydrogens is 306 g/mol. The van der Waals surface area contributed by atoms with Crippen molar-refractivity contribution in [3.63, 3.8) is 0 Å². The highest BCUT2D eigenvalue weighted by atomic mass is 19.3. The molecule has 1 atom stereocenters. The maximum atomic E-state index is 12.8. The first kappa shape index (κ1) is 16.3. The molecule has 6 nitrogen and oxygen atoms in total. The quantitative estimate of drug-likeness (QED) is 0.837. The van der Waals surface area contributed by atoms with E-state index in [1.54, 1.807) is 0 Å². The summed E-state index contributed by atoms with van der Waals surface area (Å²) in [5, 5.41) is 0. The van der Waals surface area contributed by atoms with Crippen molar-refractivity contribution in [3.8, 4) is 0 Å². The molecule has 0 bridgehead atoms. The number of imidazole rings is 1. The van der Waals surface area contributed by atoms with Crippen molar-refractivity contribution in [2.24, 2.45) is 5.92 Å². The van der Waals surface area contributed by atoms with Gasteiger partial charge in [-0.1, -0.05) is 0 Å². The van der Waals surface area contributed by atoms with Gasteiger partial charge in [-0.05, 0) is 12.8 Å². The van der Waals surface area contributed by atoms with E-state index in [9.17, 15) is 13.6 Å². The van der Waals surface area contributed by atoms with Crippen molar-refractivity contribution in [2.75, 3.05) is 39.4 Å². The lowest BCUT2D eigenvalue weighted by atomic mass is 10.0. The van der Waals surface area contributed by atoms with Crippen LogP contribution >= 0.6 is 0 Å². The topological polar surface area (TPSA) is 50.6 Å². The number of alkyl halides is 2. The number of nitrogens with zero attached hydrogens (tertiary/aromatic N) is 4. The zero-order valence-corrected chi connectivity index (χ0v) is 13.0. The number of carbonyl (C=O) groups excluding carboxylic acids is 1. The van der Waals surface area contributed by atoms with Crippen LogP contribution in [-0.2, 0) is 16.1 Å². The molecule has 8 heteroatoms. The minimum absolute atomic E-state index is 0.0203. The van der Waals surface area contributed by atoms with Crippen molar-refractivity contribution in [3.05, 3.63) is 18.2 Å². The molecule has 2 fully saturated rings. The van der Waals surface area contributed by atoms with E-state index >= 15 is 0 Å². The fraction of sp³-hybridized carbons (Fsp3) is 0.733. The molecule has 1 aromatic rings. The van der Waals surface area contributed by atoms with Crippen LogP contribution < -0.4 is 0 Å². The van der Waals surface area contributed by atoms with Gasteiger partial charge in [-0.25, -0.2) is 4.98 Å². The van der Waals surface area contributed by atoms with Crippen LogP contribution in [0.15, 0.2) is 12.4 Å². The van der Waals surface area contributed by atoms with E-state index in [1.807, 2.05) is 4.90 Å². The minimum atomic E-state index is -2.57. The summed E-state index contributed by atoms with van der Waals surface area (Å²) < 4.78 is 31.9. The summed E-state index contributed by atoms with van der Waals surface area (Å²) >= 11 is 0. The number of rotatable bonds is 4. The van der Waals surface area contributed by atoms with Gasteiger partial charge in [0.2, 0.25) is 5.91 Å². The first-order valence-corrected chi connectivity index (χ1v) is 8.04. The summed E-state index contributed by atoms with van der Waals surface area (Å²) in [6.07, 6.45) is 4.52. The Balaban J connectivity index is 1.50. The first-order chi connectivity index (χ1) is 11.1. The third-order valence-corrected chi connectivity index (χ3v) is 4.52. The number of ether oxygens (including phenoxy) is 1. The summed E-state index contributed by atoms with van der Waals surface area (Å²) in [5.41, 5.74) is 0. The summed E-state index contributed by atoms with van der Waals surface area (Å²) in [6.45, 7) is 1.69. The normalized spacial score (nSPS) is 23.4. The Bertz CT molecular complexity index is 523. The Morgan fingerprint density at radius 1 is 1.35 bits per heavy atom. The second-order valence-electron chi connectivity index (χ2n) is 6.04. The van der Waals surface area contributed by atoms with Crippen LogP contribution in [0, 0.1) is 5.92 Å². The molecule has 1 aromatic heterocycles. The molecule has 1 amide bonds. The number of carbonyl (C=O) groups is 1. The zero-order valence-electron chi connectivity index (χ0n) is 13.0. The van der Waals surface area contributed by atoms with E-state index in [0.717, 1.165) is 24.0 Å². The molecule has 0 aliphatic carbocycles. The lowest BCUT2D eigenvalue weighted by Crippen LogP contribution is -2.51. The van der Waals surface area contributed by atoms with Crippen LogP contribution in [0.4, 0.5) is 8.78 Å². The van der Waals surface area contributed by atoms with Gasteiger partial charge < -0.3 is 9.64 Å². The Hall–Kier alpha value is -1.54. The standard InChI is InChI=1S/C15H22F2N4O2/c16-15(17)21-4-3-18-13(21)10-19-5-7-20(8-6-19)14(22)12-2-1-9-23-11-12/h3-4,12,15H,1-2,5-11H2/t12-/m0/s1. The van der Waals surface area contributed by atoms with Gasteiger partial charge in [-0.2, -0.15) is 8.78 Å². The molecule has 0 aromatic carbocycles. The van der Waals surface area contributed by atoms with E-state index in [0.29, 0.717) is 45.2 Å². The van der Waals surface area contributed by atoms with Crippen molar-refractivity contribution >= 4 is 5.91 Å². The second-order valence-corrected chi connectivity index (χ2v) is 6.04. The van der Waals surface area contributed by atoms with Gasteiger partial charge in [0, 0.05) is 45.2 Å². The zero-order chi connectivity index (χ0) is 16.2. The molecular formula is C15H22F2N4O2.